The van der Waals surface area contributed by atoms with Crippen molar-refractivity contribution in [2.45, 2.75) is 13.3 Å². The molecular weight excluding hydrogens is 127 g/mol. The zero-order chi connectivity index (χ0) is 7.56. The van der Waals surface area contributed by atoms with Crippen LogP contribution in [-0.2, 0) is 6.42 Å². The second kappa shape index (κ2) is 2.82. The largest absolute Gasteiger partial charge is 0.207 e. The monoisotopic (exact) mass is 137 g/mol. The van der Waals surface area contributed by atoms with Crippen LogP contribution >= 0.6 is 0 Å². The summed E-state index contributed by atoms with van der Waals surface area (Å²) < 4.78 is 12.7. The molecule has 10 heavy (non-hydrogen) atoms. The summed E-state index contributed by atoms with van der Waals surface area (Å²) >= 11 is 0. The van der Waals surface area contributed by atoms with Gasteiger partial charge in [-0.25, -0.2) is 4.39 Å². The predicted molar refractivity (Wildman–Crippen MR) is 40.2 cm³/mol. The molecule has 0 saturated carbocycles. The number of hydrogen-bond donors (Lipinski definition) is 0. The van der Waals surface area contributed by atoms with Crippen molar-refractivity contribution < 1.29 is 4.39 Å². The molecular formula is C9H10F. The maximum atomic E-state index is 12.7. The van der Waals surface area contributed by atoms with Crippen LogP contribution in [0.4, 0.5) is 4.39 Å². The lowest BCUT2D eigenvalue weighted by molar-refractivity contribution is 0.620. The Kier molecular flexibility index (Phi) is 2.05. The Morgan fingerprint density at radius 2 is 2.20 bits per heavy atom. The van der Waals surface area contributed by atoms with Crippen LogP contribution in [-0.4, -0.2) is 0 Å². The summed E-state index contributed by atoms with van der Waals surface area (Å²) in [6, 6.07) is 5.04. The van der Waals surface area contributed by atoms with E-state index in [0.717, 1.165) is 12.0 Å². The van der Waals surface area contributed by atoms with Crippen LogP contribution in [0.5, 0.6) is 0 Å². The minimum Gasteiger partial charge on any atom is -0.207 e. The van der Waals surface area contributed by atoms with Gasteiger partial charge in [0.25, 0.3) is 0 Å². The average Bonchev–Trinajstić information content (AvgIpc) is 1.95. The van der Waals surface area contributed by atoms with Gasteiger partial charge in [0, 0.05) is 0 Å². The van der Waals surface area contributed by atoms with Crippen molar-refractivity contribution >= 4 is 0 Å². The van der Waals surface area contributed by atoms with Crippen molar-refractivity contribution in [1.29, 1.82) is 0 Å². The molecule has 1 rings (SSSR count). The van der Waals surface area contributed by atoms with Gasteiger partial charge in [-0.2, -0.15) is 0 Å². The van der Waals surface area contributed by atoms with Crippen LogP contribution in [0, 0.1) is 12.7 Å². The average molecular weight is 137 g/mol. The van der Waals surface area contributed by atoms with E-state index in [2.05, 4.69) is 6.92 Å². The molecule has 0 aromatic heterocycles. The molecule has 0 aliphatic rings. The van der Waals surface area contributed by atoms with Crippen molar-refractivity contribution in [2.24, 2.45) is 0 Å². The molecule has 0 saturated heterocycles. The quantitative estimate of drug-likeness (QED) is 0.558. The third-order valence-corrected chi connectivity index (χ3v) is 1.60. The lowest BCUT2D eigenvalue weighted by Crippen LogP contribution is -1.89. The molecule has 1 radical (unpaired) electrons. The predicted octanol–water partition coefficient (Wildman–Crippen LogP) is 2.57. The molecule has 0 aliphatic carbocycles. The Morgan fingerprint density at radius 1 is 1.50 bits per heavy atom. The Labute approximate surface area is 60.7 Å². The van der Waals surface area contributed by atoms with Crippen LogP contribution in [0.2, 0.25) is 0 Å². The first-order valence-corrected chi connectivity index (χ1v) is 3.35. The molecule has 0 N–H and O–H groups in total. The first-order valence-electron chi connectivity index (χ1n) is 3.35. The summed E-state index contributed by atoms with van der Waals surface area (Å²) in [5.74, 6) is -0.209. The summed E-state index contributed by atoms with van der Waals surface area (Å²) in [5, 5.41) is 0. The topological polar surface area (TPSA) is 0 Å². The highest BCUT2D eigenvalue weighted by atomic mass is 19.1. The van der Waals surface area contributed by atoms with Gasteiger partial charge in [0.15, 0.2) is 0 Å². The summed E-state index contributed by atoms with van der Waals surface area (Å²) in [6.45, 7) is 5.61. The minimum absolute atomic E-state index is 0.209. The SMILES string of the molecule is [CH2]c1c(F)cccc1CC. The van der Waals surface area contributed by atoms with Gasteiger partial charge < -0.3 is 0 Å². The van der Waals surface area contributed by atoms with Crippen molar-refractivity contribution in [1.82, 2.24) is 0 Å². The molecule has 0 spiro atoms. The summed E-state index contributed by atoms with van der Waals surface area (Å²) in [5.41, 5.74) is 1.52. The molecule has 0 heterocycles. The number of halogens is 1. The van der Waals surface area contributed by atoms with Gasteiger partial charge in [0.05, 0.1) is 0 Å². The Hall–Kier alpha value is -0.850. The summed E-state index contributed by atoms with van der Waals surface area (Å²) in [4.78, 5) is 0. The van der Waals surface area contributed by atoms with Gasteiger partial charge in [0.1, 0.15) is 5.82 Å². The minimum atomic E-state index is -0.209. The van der Waals surface area contributed by atoms with Crippen molar-refractivity contribution in [3.05, 3.63) is 42.1 Å². The van der Waals surface area contributed by atoms with E-state index in [1.54, 1.807) is 6.07 Å². The lowest BCUT2D eigenvalue weighted by atomic mass is 10.1. The van der Waals surface area contributed by atoms with E-state index >= 15 is 0 Å². The van der Waals surface area contributed by atoms with Gasteiger partial charge in [-0.1, -0.05) is 19.1 Å². The van der Waals surface area contributed by atoms with Crippen LogP contribution in [0.3, 0.4) is 0 Å². The second-order valence-corrected chi connectivity index (χ2v) is 2.23. The van der Waals surface area contributed by atoms with Crippen LogP contribution < -0.4 is 0 Å². The maximum absolute atomic E-state index is 12.7. The molecule has 1 aromatic carbocycles. The van der Waals surface area contributed by atoms with Gasteiger partial charge in [0.2, 0.25) is 0 Å². The fourth-order valence-corrected chi connectivity index (χ4v) is 0.935. The van der Waals surface area contributed by atoms with E-state index in [9.17, 15) is 4.39 Å². The second-order valence-electron chi connectivity index (χ2n) is 2.23. The van der Waals surface area contributed by atoms with E-state index in [1.165, 1.54) is 6.07 Å². The third-order valence-electron chi connectivity index (χ3n) is 1.60. The van der Waals surface area contributed by atoms with Gasteiger partial charge in [-0.05, 0) is 30.5 Å². The number of benzene rings is 1. The smallest absolute Gasteiger partial charge is 0.126 e. The van der Waals surface area contributed by atoms with E-state index in [1.807, 2.05) is 13.0 Å². The highest BCUT2D eigenvalue weighted by molar-refractivity contribution is 5.30. The molecule has 0 atom stereocenters. The standard InChI is InChI=1S/C9H10F/c1-3-8-5-4-6-9(10)7(8)2/h4-6H,2-3H2,1H3. The molecule has 0 unspecified atom stereocenters. The fraction of sp³-hybridized carbons (Fsp3) is 0.222. The van der Waals surface area contributed by atoms with Gasteiger partial charge in [-0.15, -0.1) is 0 Å². The van der Waals surface area contributed by atoms with E-state index in [-0.39, 0.29) is 5.82 Å². The third kappa shape index (κ3) is 1.18. The molecule has 0 nitrogen and oxygen atoms in total. The zero-order valence-electron chi connectivity index (χ0n) is 6.02. The maximum Gasteiger partial charge on any atom is 0.126 e. The summed E-state index contributed by atoms with van der Waals surface area (Å²) in [6.07, 6.45) is 0.844. The lowest BCUT2D eigenvalue weighted by Gasteiger charge is -2.01. The summed E-state index contributed by atoms with van der Waals surface area (Å²) in [7, 11) is 0. The van der Waals surface area contributed by atoms with E-state index in [0.29, 0.717) is 5.56 Å². The Bertz CT molecular complexity index is 228. The van der Waals surface area contributed by atoms with Crippen molar-refractivity contribution in [3.8, 4) is 0 Å². The number of rotatable bonds is 1. The van der Waals surface area contributed by atoms with E-state index < -0.39 is 0 Å². The highest BCUT2D eigenvalue weighted by Gasteiger charge is 1.99. The number of aryl methyl sites for hydroxylation is 1. The van der Waals surface area contributed by atoms with Crippen molar-refractivity contribution in [2.75, 3.05) is 0 Å². The van der Waals surface area contributed by atoms with Crippen LogP contribution in [0.15, 0.2) is 18.2 Å². The Balaban J connectivity index is 3.14. The van der Waals surface area contributed by atoms with E-state index in [4.69, 9.17) is 0 Å². The number of hydrogen-bond acceptors (Lipinski definition) is 0. The van der Waals surface area contributed by atoms with Crippen LogP contribution in [0.25, 0.3) is 0 Å². The van der Waals surface area contributed by atoms with Gasteiger partial charge >= 0.3 is 0 Å². The molecule has 53 valence electrons. The molecule has 0 aliphatic heterocycles. The zero-order valence-corrected chi connectivity index (χ0v) is 6.02. The van der Waals surface area contributed by atoms with Crippen molar-refractivity contribution in [3.63, 3.8) is 0 Å². The molecule has 0 amide bonds. The first kappa shape index (κ1) is 7.26. The molecule has 0 fully saturated rings. The van der Waals surface area contributed by atoms with Crippen LogP contribution in [0.1, 0.15) is 18.1 Å². The molecule has 1 heteroatoms. The Morgan fingerprint density at radius 3 is 2.70 bits per heavy atom. The fourth-order valence-electron chi connectivity index (χ4n) is 0.935. The molecule has 0 bridgehead atoms. The first-order chi connectivity index (χ1) is 4.75. The molecule has 1 aromatic rings. The van der Waals surface area contributed by atoms with Gasteiger partial charge in [-0.3, -0.25) is 0 Å². The highest BCUT2D eigenvalue weighted by Crippen LogP contribution is 2.11. The normalized spacial score (nSPS) is 9.90.